The zero-order chi connectivity index (χ0) is 12.6. The first-order chi connectivity index (χ1) is 7.23. The van der Waals surface area contributed by atoms with Gasteiger partial charge in [0, 0.05) is 19.0 Å². The van der Waals surface area contributed by atoms with E-state index in [-0.39, 0.29) is 16.7 Å². The quantitative estimate of drug-likeness (QED) is 0.778. The second kappa shape index (κ2) is 4.36. The minimum Gasteiger partial charge on any atom is -0.342 e. The second-order valence-corrected chi connectivity index (χ2v) is 6.47. The molecule has 0 aromatic rings. The van der Waals surface area contributed by atoms with Gasteiger partial charge in [-0.1, -0.05) is 27.7 Å². The van der Waals surface area contributed by atoms with Crippen molar-refractivity contribution in [1.82, 2.24) is 4.90 Å². The fourth-order valence-corrected chi connectivity index (χ4v) is 2.04. The topological polar surface area (TPSA) is 46.3 Å². The summed E-state index contributed by atoms with van der Waals surface area (Å²) in [6.45, 7) is 12.8. The predicted molar refractivity (Wildman–Crippen MR) is 67.0 cm³/mol. The van der Waals surface area contributed by atoms with Crippen molar-refractivity contribution in [3.63, 3.8) is 0 Å². The summed E-state index contributed by atoms with van der Waals surface area (Å²) in [4.78, 5) is 14.2. The molecule has 2 N–H and O–H groups in total. The first-order valence-electron chi connectivity index (χ1n) is 6.22. The Bertz CT molecular complexity index is 271. The molecule has 1 aliphatic carbocycles. The molecule has 0 saturated heterocycles. The number of nitrogens with two attached hydrogens (primary N) is 1. The van der Waals surface area contributed by atoms with Crippen LogP contribution in [0.25, 0.3) is 0 Å². The van der Waals surface area contributed by atoms with E-state index in [4.69, 9.17) is 5.73 Å². The third-order valence-corrected chi connectivity index (χ3v) is 3.68. The summed E-state index contributed by atoms with van der Waals surface area (Å²) in [6.07, 6.45) is 1.03. The van der Waals surface area contributed by atoms with Crippen molar-refractivity contribution in [1.29, 1.82) is 0 Å². The summed E-state index contributed by atoms with van der Waals surface area (Å²) in [6, 6.07) is 0. The number of rotatable bonds is 5. The fraction of sp³-hybridized carbons (Fsp3) is 0.923. The van der Waals surface area contributed by atoms with E-state index >= 15 is 0 Å². The van der Waals surface area contributed by atoms with Gasteiger partial charge >= 0.3 is 0 Å². The monoisotopic (exact) mass is 226 g/mol. The van der Waals surface area contributed by atoms with E-state index in [1.165, 1.54) is 0 Å². The molecule has 0 radical (unpaired) electrons. The molecule has 1 atom stereocenters. The van der Waals surface area contributed by atoms with Crippen molar-refractivity contribution in [2.75, 3.05) is 19.6 Å². The molecule has 0 aromatic heterocycles. The molecule has 16 heavy (non-hydrogen) atoms. The fourth-order valence-electron chi connectivity index (χ4n) is 2.04. The maximum Gasteiger partial charge on any atom is 0.226 e. The van der Waals surface area contributed by atoms with E-state index in [0.29, 0.717) is 12.5 Å². The number of hydrogen-bond acceptors (Lipinski definition) is 2. The highest BCUT2D eigenvalue weighted by Gasteiger charge is 2.51. The van der Waals surface area contributed by atoms with Crippen LogP contribution in [0.4, 0.5) is 0 Å². The first kappa shape index (κ1) is 13.5. The molecule has 3 nitrogen and oxygen atoms in total. The van der Waals surface area contributed by atoms with E-state index < -0.39 is 0 Å². The molecule has 0 spiro atoms. The normalized spacial score (nSPS) is 23.0. The summed E-state index contributed by atoms with van der Waals surface area (Å²) < 4.78 is 0. The molecule has 3 heteroatoms. The van der Waals surface area contributed by atoms with E-state index in [2.05, 4.69) is 27.7 Å². The molecule has 1 unspecified atom stereocenters. The standard InChI is InChI=1S/C13H26N2O/c1-6-15(9-12(2,3)8-14)11(16)10-7-13(10,4)5/h10H,6-9,14H2,1-5H3. The van der Waals surface area contributed by atoms with Gasteiger partial charge in [-0.3, -0.25) is 4.79 Å². The molecule has 0 aromatic carbocycles. The molecule has 0 heterocycles. The third kappa shape index (κ3) is 2.97. The summed E-state index contributed by atoms with van der Waals surface area (Å²) in [5, 5.41) is 0. The molecule has 1 saturated carbocycles. The van der Waals surface area contributed by atoms with Crippen molar-refractivity contribution in [2.24, 2.45) is 22.5 Å². The van der Waals surface area contributed by atoms with Crippen molar-refractivity contribution in [2.45, 2.75) is 41.0 Å². The van der Waals surface area contributed by atoms with E-state index in [1.807, 2.05) is 11.8 Å². The molecule has 1 rings (SSSR count). The summed E-state index contributed by atoms with van der Waals surface area (Å²) in [5.41, 5.74) is 5.95. The van der Waals surface area contributed by atoms with Gasteiger partial charge in [-0.15, -0.1) is 0 Å². The Balaban J connectivity index is 2.59. The van der Waals surface area contributed by atoms with Crippen LogP contribution in [0.1, 0.15) is 41.0 Å². The molecule has 1 aliphatic rings. The van der Waals surface area contributed by atoms with Gasteiger partial charge in [-0.05, 0) is 30.7 Å². The van der Waals surface area contributed by atoms with Gasteiger partial charge in [0.05, 0.1) is 0 Å². The van der Waals surface area contributed by atoms with Crippen molar-refractivity contribution >= 4 is 5.91 Å². The van der Waals surface area contributed by atoms with Gasteiger partial charge in [0.25, 0.3) is 0 Å². The Morgan fingerprint density at radius 1 is 1.50 bits per heavy atom. The lowest BCUT2D eigenvalue weighted by molar-refractivity contribution is -0.134. The predicted octanol–water partition coefficient (Wildman–Crippen LogP) is 1.87. The summed E-state index contributed by atoms with van der Waals surface area (Å²) in [7, 11) is 0. The van der Waals surface area contributed by atoms with Crippen LogP contribution in [-0.2, 0) is 4.79 Å². The Hall–Kier alpha value is -0.570. The van der Waals surface area contributed by atoms with Crippen molar-refractivity contribution in [3.05, 3.63) is 0 Å². The SMILES string of the molecule is CCN(CC(C)(C)CN)C(=O)C1CC1(C)C. The summed E-state index contributed by atoms with van der Waals surface area (Å²) in [5.74, 6) is 0.551. The number of carbonyl (C=O) groups is 1. The molecule has 0 aliphatic heterocycles. The van der Waals surface area contributed by atoms with Gasteiger partial charge < -0.3 is 10.6 Å². The molecule has 1 amide bonds. The van der Waals surface area contributed by atoms with Crippen LogP contribution in [0.2, 0.25) is 0 Å². The number of amides is 1. The van der Waals surface area contributed by atoms with Crippen LogP contribution in [-0.4, -0.2) is 30.4 Å². The number of nitrogens with zero attached hydrogens (tertiary/aromatic N) is 1. The number of hydrogen-bond donors (Lipinski definition) is 1. The molecule has 0 bridgehead atoms. The van der Waals surface area contributed by atoms with E-state index in [1.54, 1.807) is 0 Å². The zero-order valence-corrected chi connectivity index (χ0v) is 11.3. The Labute approximate surface area is 99.4 Å². The minimum absolute atomic E-state index is 0.0186. The van der Waals surface area contributed by atoms with Crippen LogP contribution in [0, 0.1) is 16.7 Å². The van der Waals surface area contributed by atoms with Crippen LogP contribution in [0.5, 0.6) is 0 Å². The van der Waals surface area contributed by atoms with Gasteiger partial charge in [-0.25, -0.2) is 0 Å². The molecular formula is C13H26N2O. The average Bonchev–Trinajstić information content (AvgIpc) is 2.83. The van der Waals surface area contributed by atoms with Crippen LogP contribution >= 0.6 is 0 Å². The molecular weight excluding hydrogens is 200 g/mol. The highest BCUT2D eigenvalue weighted by Crippen LogP contribution is 2.52. The van der Waals surface area contributed by atoms with Crippen molar-refractivity contribution < 1.29 is 4.79 Å². The number of carbonyl (C=O) groups excluding carboxylic acids is 1. The Morgan fingerprint density at radius 2 is 2.00 bits per heavy atom. The Kier molecular flexibility index (Phi) is 3.68. The van der Waals surface area contributed by atoms with Crippen LogP contribution in [0.3, 0.4) is 0 Å². The Morgan fingerprint density at radius 3 is 2.31 bits per heavy atom. The molecule has 1 fully saturated rings. The first-order valence-corrected chi connectivity index (χ1v) is 6.22. The van der Waals surface area contributed by atoms with Gasteiger partial charge in [0.1, 0.15) is 0 Å². The lowest BCUT2D eigenvalue weighted by atomic mass is 9.92. The summed E-state index contributed by atoms with van der Waals surface area (Å²) >= 11 is 0. The van der Waals surface area contributed by atoms with Crippen LogP contribution in [0.15, 0.2) is 0 Å². The molecule has 94 valence electrons. The van der Waals surface area contributed by atoms with Crippen molar-refractivity contribution in [3.8, 4) is 0 Å². The highest BCUT2D eigenvalue weighted by molar-refractivity contribution is 5.82. The third-order valence-electron chi connectivity index (χ3n) is 3.68. The lowest BCUT2D eigenvalue weighted by Gasteiger charge is -2.31. The average molecular weight is 226 g/mol. The zero-order valence-electron chi connectivity index (χ0n) is 11.3. The maximum absolute atomic E-state index is 12.2. The van der Waals surface area contributed by atoms with E-state index in [0.717, 1.165) is 19.5 Å². The largest absolute Gasteiger partial charge is 0.342 e. The second-order valence-electron chi connectivity index (χ2n) is 6.47. The maximum atomic E-state index is 12.2. The van der Waals surface area contributed by atoms with Gasteiger partial charge in [0.2, 0.25) is 5.91 Å². The van der Waals surface area contributed by atoms with Gasteiger partial charge in [0.15, 0.2) is 0 Å². The van der Waals surface area contributed by atoms with Crippen LogP contribution < -0.4 is 5.73 Å². The highest BCUT2D eigenvalue weighted by atomic mass is 16.2. The van der Waals surface area contributed by atoms with E-state index in [9.17, 15) is 4.79 Å². The smallest absolute Gasteiger partial charge is 0.226 e. The minimum atomic E-state index is 0.0186. The lowest BCUT2D eigenvalue weighted by Crippen LogP contribution is -2.43. The van der Waals surface area contributed by atoms with Gasteiger partial charge in [-0.2, -0.15) is 0 Å².